The zero-order chi connectivity index (χ0) is 8.57. The summed E-state index contributed by atoms with van der Waals surface area (Å²) in [6.45, 7) is 1.89. The molecule has 0 radical (unpaired) electrons. The lowest BCUT2D eigenvalue weighted by atomic mass is 10.5. The second-order valence-corrected chi connectivity index (χ2v) is 1.77. The van der Waals surface area contributed by atoms with Crippen LogP contribution in [0.2, 0.25) is 0 Å². The van der Waals surface area contributed by atoms with E-state index in [2.05, 4.69) is 0 Å². The molecule has 0 aromatic heterocycles. The van der Waals surface area contributed by atoms with E-state index in [1.807, 2.05) is 6.92 Å². The highest BCUT2D eigenvalue weighted by atomic mass is 35.5. The predicted octanol–water partition coefficient (Wildman–Crippen LogP) is 0.791. The number of carboxylic acids is 2. The second-order valence-electron chi connectivity index (χ2n) is 1.23. The Kier molecular flexibility index (Phi) is 9.84. The fourth-order valence-electron chi connectivity index (χ4n) is 0.129. The molecule has 0 aliphatic carbocycles. The maximum absolute atomic E-state index is 9.43. The lowest BCUT2D eigenvalue weighted by Crippen LogP contribution is -2.03. The molecule has 0 rings (SSSR count). The summed E-state index contributed by atoms with van der Waals surface area (Å²) in [7, 11) is 0. The van der Waals surface area contributed by atoms with Gasteiger partial charge in [0, 0.05) is 5.88 Å². The molecule has 0 amide bonds. The standard InChI is InChI=1S/C3H4O4.C2H5Cl/c4-2(5)1-3(6)7;1-2-3/h1H2,(H,4,5)(H,6,7);2H2,1H3. The van der Waals surface area contributed by atoms with Crippen molar-refractivity contribution in [2.24, 2.45) is 0 Å². The number of hydrogen-bond donors (Lipinski definition) is 2. The number of halogens is 1. The van der Waals surface area contributed by atoms with Crippen LogP contribution >= 0.6 is 11.6 Å². The monoisotopic (exact) mass is 168 g/mol. The summed E-state index contributed by atoms with van der Waals surface area (Å²) in [4.78, 5) is 18.9. The van der Waals surface area contributed by atoms with E-state index in [9.17, 15) is 9.59 Å². The van der Waals surface area contributed by atoms with Crippen LogP contribution in [0.15, 0.2) is 0 Å². The quantitative estimate of drug-likeness (QED) is 0.472. The second kappa shape index (κ2) is 8.23. The van der Waals surface area contributed by atoms with E-state index in [0.717, 1.165) is 5.88 Å². The van der Waals surface area contributed by atoms with E-state index in [4.69, 9.17) is 21.8 Å². The Balaban J connectivity index is 0. The molecule has 0 unspecified atom stereocenters. The molecule has 0 fully saturated rings. The summed E-state index contributed by atoms with van der Waals surface area (Å²) >= 11 is 5.00. The molecule has 60 valence electrons. The molecule has 0 saturated heterocycles. The van der Waals surface area contributed by atoms with E-state index in [1.54, 1.807) is 0 Å². The van der Waals surface area contributed by atoms with Crippen LogP contribution in [0, 0.1) is 0 Å². The van der Waals surface area contributed by atoms with Gasteiger partial charge in [-0.15, -0.1) is 11.6 Å². The number of rotatable bonds is 2. The highest BCUT2D eigenvalue weighted by molar-refractivity contribution is 6.17. The van der Waals surface area contributed by atoms with Crippen molar-refractivity contribution in [1.82, 2.24) is 0 Å². The number of alkyl halides is 1. The van der Waals surface area contributed by atoms with E-state index in [0.29, 0.717) is 0 Å². The van der Waals surface area contributed by atoms with Crippen molar-refractivity contribution in [3.05, 3.63) is 0 Å². The SMILES string of the molecule is CCCl.O=C(O)CC(=O)O. The van der Waals surface area contributed by atoms with E-state index in [-0.39, 0.29) is 0 Å². The minimum atomic E-state index is -1.31. The van der Waals surface area contributed by atoms with Gasteiger partial charge in [-0.25, -0.2) is 0 Å². The van der Waals surface area contributed by atoms with Gasteiger partial charge in [-0.2, -0.15) is 0 Å². The molecule has 0 aliphatic rings. The van der Waals surface area contributed by atoms with Gasteiger partial charge in [-0.1, -0.05) is 6.92 Å². The van der Waals surface area contributed by atoms with E-state index < -0.39 is 18.4 Å². The van der Waals surface area contributed by atoms with Gasteiger partial charge in [-0.05, 0) is 0 Å². The van der Waals surface area contributed by atoms with E-state index >= 15 is 0 Å². The maximum Gasteiger partial charge on any atom is 0.314 e. The fraction of sp³-hybridized carbons (Fsp3) is 0.600. The van der Waals surface area contributed by atoms with Crippen LogP contribution in [0.4, 0.5) is 0 Å². The minimum Gasteiger partial charge on any atom is -0.481 e. The average molecular weight is 169 g/mol. The van der Waals surface area contributed by atoms with Crippen molar-refractivity contribution in [2.75, 3.05) is 5.88 Å². The number of carbonyl (C=O) groups is 2. The van der Waals surface area contributed by atoms with Gasteiger partial charge in [0.2, 0.25) is 0 Å². The van der Waals surface area contributed by atoms with Crippen molar-refractivity contribution < 1.29 is 19.8 Å². The Morgan fingerprint density at radius 1 is 1.30 bits per heavy atom. The third-order valence-corrected chi connectivity index (χ3v) is 0.302. The van der Waals surface area contributed by atoms with Gasteiger partial charge in [0.15, 0.2) is 0 Å². The third-order valence-electron chi connectivity index (χ3n) is 0.302. The van der Waals surface area contributed by atoms with Crippen LogP contribution < -0.4 is 0 Å². The van der Waals surface area contributed by atoms with Gasteiger partial charge in [0.25, 0.3) is 0 Å². The van der Waals surface area contributed by atoms with Crippen LogP contribution in [0.1, 0.15) is 13.3 Å². The first-order valence-electron chi connectivity index (χ1n) is 2.54. The summed E-state index contributed by atoms with van der Waals surface area (Å²) in [6, 6.07) is 0. The summed E-state index contributed by atoms with van der Waals surface area (Å²) in [5, 5.41) is 15.4. The molecule has 0 heterocycles. The Hall–Kier alpha value is -0.770. The number of aliphatic carboxylic acids is 2. The molecule has 0 aromatic rings. The Bertz CT molecular complexity index is 100. The maximum atomic E-state index is 9.43. The fourth-order valence-corrected chi connectivity index (χ4v) is 0.129. The number of hydrogen-bond acceptors (Lipinski definition) is 2. The Morgan fingerprint density at radius 3 is 1.50 bits per heavy atom. The molecular weight excluding hydrogens is 160 g/mol. The topological polar surface area (TPSA) is 74.6 Å². The first-order valence-corrected chi connectivity index (χ1v) is 3.07. The summed E-state index contributed by atoms with van der Waals surface area (Å²) < 4.78 is 0. The van der Waals surface area contributed by atoms with Crippen molar-refractivity contribution >= 4 is 23.5 Å². The molecule has 0 bridgehead atoms. The molecule has 0 saturated carbocycles. The van der Waals surface area contributed by atoms with Crippen molar-refractivity contribution in [3.63, 3.8) is 0 Å². The summed E-state index contributed by atoms with van der Waals surface area (Å²) in [5.74, 6) is -1.90. The third kappa shape index (κ3) is 26.9. The molecule has 10 heavy (non-hydrogen) atoms. The average Bonchev–Trinajstić information content (AvgIpc) is 1.62. The van der Waals surface area contributed by atoms with Gasteiger partial charge >= 0.3 is 11.9 Å². The first-order chi connectivity index (χ1) is 4.54. The smallest absolute Gasteiger partial charge is 0.314 e. The highest BCUT2D eigenvalue weighted by Gasteiger charge is 2.01. The molecule has 2 N–H and O–H groups in total. The van der Waals surface area contributed by atoms with Crippen molar-refractivity contribution in [1.29, 1.82) is 0 Å². The van der Waals surface area contributed by atoms with Crippen LogP contribution in [-0.4, -0.2) is 28.0 Å². The molecule has 0 atom stereocenters. The van der Waals surface area contributed by atoms with Gasteiger partial charge in [-0.3, -0.25) is 9.59 Å². The lowest BCUT2D eigenvalue weighted by Gasteiger charge is -1.80. The molecule has 0 aliphatic heterocycles. The summed E-state index contributed by atoms with van der Waals surface area (Å²) in [6.07, 6.45) is -0.806. The first kappa shape index (κ1) is 12.0. The number of carboxylic acid groups (broad SMARTS) is 2. The van der Waals surface area contributed by atoms with Crippen LogP contribution in [-0.2, 0) is 9.59 Å². The minimum absolute atomic E-state index is 0.722. The predicted molar refractivity (Wildman–Crippen MR) is 36.3 cm³/mol. The van der Waals surface area contributed by atoms with Gasteiger partial charge in [0.05, 0.1) is 0 Å². The molecule has 0 aromatic carbocycles. The van der Waals surface area contributed by atoms with Crippen molar-refractivity contribution in [2.45, 2.75) is 13.3 Å². The Morgan fingerprint density at radius 2 is 1.50 bits per heavy atom. The van der Waals surface area contributed by atoms with Crippen molar-refractivity contribution in [3.8, 4) is 0 Å². The summed E-state index contributed by atoms with van der Waals surface area (Å²) in [5.41, 5.74) is 0. The van der Waals surface area contributed by atoms with Crippen LogP contribution in [0.3, 0.4) is 0 Å². The van der Waals surface area contributed by atoms with Gasteiger partial charge < -0.3 is 10.2 Å². The highest BCUT2D eigenvalue weighted by Crippen LogP contribution is 1.74. The molecule has 5 heteroatoms. The molecule has 4 nitrogen and oxygen atoms in total. The molecule has 0 spiro atoms. The molecular formula is C5H9ClO4. The van der Waals surface area contributed by atoms with Crippen LogP contribution in [0.25, 0.3) is 0 Å². The normalized spacial score (nSPS) is 7.40. The largest absolute Gasteiger partial charge is 0.481 e. The van der Waals surface area contributed by atoms with E-state index in [1.165, 1.54) is 0 Å². The van der Waals surface area contributed by atoms with Crippen LogP contribution in [0.5, 0.6) is 0 Å². The van der Waals surface area contributed by atoms with Gasteiger partial charge in [0.1, 0.15) is 6.42 Å². The zero-order valence-corrected chi connectivity index (χ0v) is 6.26. The lowest BCUT2D eigenvalue weighted by molar-refractivity contribution is -0.147. The zero-order valence-electron chi connectivity index (χ0n) is 5.50. The Labute approximate surface area is 63.4 Å².